The van der Waals surface area contributed by atoms with Gasteiger partial charge in [0.2, 0.25) is 0 Å². The molecule has 1 nitrogen and oxygen atoms in total. The Hall–Kier alpha value is -0.0400. The summed E-state index contributed by atoms with van der Waals surface area (Å²) in [6.45, 7) is 10.3. The first-order valence-corrected chi connectivity index (χ1v) is 5.39. The number of hydrogen-bond donors (Lipinski definition) is 0. The largest absolute Gasteiger partial charge is 0.304 e. The zero-order valence-electron chi connectivity index (χ0n) is 8.97. The van der Waals surface area contributed by atoms with E-state index >= 15 is 0 Å². The van der Waals surface area contributed by atoms with Crippen molar-refractivity contribution in [3.8, 4) is 0 Å². The molecular formula is C11H24N. The molecule has 0 aromatic carbocycles. The van der Waals surface area contributed by atoms with Crippen LogP contribution in [0.1, 0.15) is 46.5 Å². The lowest BCUT2D eigenvalue weighted by atomic mass is 10.1. The van der Waals surface area contributed by atoms with Crippen LogP contribution >= 0.6 is 0 Å². The Morgan fingerprint density at radius 3 is 2.17 bits per heavy atom. The molecule has 73 valence electrons. The zero-order valence-corrected chi connectivity index (χ0v) is 8.97. The summed E-state index contributed by atoms with van der Waals surface area (Å²) in [5.74, 6) is 0. The van der Waals surface area contributed by atoms with E-state index in [1.165, 1.54) is 45.3 Å². The summed E-state index contributed by atoms with van der Waals surface area (Å²) in [6, 6.07) is 0. The van der Waals surface area contributed by atoms with Crippen molar-refractivity contribution in [3.05, 3.63) is 6.42 Å². The molecule has 12 heavy (non-hydrogen) atoms. The predicted molar refractivity (Wildman–Crippen MR) is 56.2 cm³/mol. The van der Waals surface area contributed by atoms with Crippen molar-refractivity contribution < 1.29 is 0 Å². The van der Waals surface area contributed by atoms with Crippen LogP contribution in [0.15, 0.2) is 0 Å². The molecular weight excluding hydrogens is 146 g/mol. The quantitative estimate of drug-likeness (QED) is 0.506. The van der Waals surface area contributed by atoms with E-state index in [1.54, 1.807) is 0 Å². The molecule has 0 heterocycles. The van der Waals surface area contributed by atoms with E-state index < -0.39 is 0 Å². The number of rotatable bonds is 8. The van der Waals surface area contributed by atoms with E-state index in [1.807, 2.05) is 0 Å². The van der Waals surface area contributed by atoms with Crippen LogP contribution < -0.4 is 0 Å². The van der Waals surface area contributed by atoms with Crippen LogP contribution in [-0.2, 0) is 0 Å². The molecule has 0 rings (SSSR count). The Morgan fingerprint density at radius 1 is 1.00 bits per heavy atom. The molecule has 0 fully saturated rings. The Labute approximate surface area is 78.1 Å². The highest BCUT2D eigenvalue weighted by atomic mass is 15.1. The summed E-state index contributed by atoms with van der Waals surface area (Å²) in [7, 11) is 0. The average molecular weight is 170 g/mol. The lowest BCUT2D eigenvalue weighted by Crippen LogP contribution is -2.23. The van der Waals surface area contributed by atoms with Gasteiger partial charge in [-0.15, -0.1) is 0 Å². The minimum atomic E-state index is 1.19. The maximum atomic E-state index is 2.47. The minimum absolute atomic E-state index is 1.19. The number of hydrogen-bond acceptors (Lipinski definition) is 1. The standard InChI is InChI=1S/C11H24N/c1-4-7-8-9-10-11-12(5-2)6-3/h9H,4-8,10-11H2,1-3H3. The molecule has 0 aliphatic carbocycles. The topological polar surface area (TPSA) is 3.24 Å². The van der Waals surface area contributed by atoms with E-state index in [-0.39, 0.29) is 0 Å². The normalized spacial score (nSPS) is 11.0. The highest BCUT2D eigenvalue weighted by molar-refractivity contribution is 4.66. The molecule has 0 N–H and O–H groups in total. The number of unbranched alkanes of at least 4 members (excludes halogenated alkanes) is 4. The van der Waals surface area contributed by atoms with E-state index in [4.69, 9.17) is 0 Å². The Morgan fingerprint density at radius 2 is 1.67 bits per heavy atom. The molecule has 0 aliphatic rings. The monoisotopic (exact) mass is 170 g/mol. The molecule has 0 spiro atoms. The van der Waals surface area contributed by atoms with Gasteiger partial charge >= 0.3 is 0 Å². The van der Waals surface area contributed by atoms with Crippen molar-refractivity contribution in [2.75, 3.05) is 19.6 Å². The molecule has 0 aromatic rings. The van der Waals surface area contributed by atoms with Gasteiger partial charge in [0.25, 0.3) is 0 Å². The second-order valence-corrected chi connectivity index (χ2v) is 3.25. The van der Waals surface area contributed by atoms with Gasteiger partial charge in [0.15, 0.2) is 0 Å². The lowest BCUT2D eigenvalue weighted by Gasteiger charge is -2.17. The third kappa shape index (κ3) is 6.66. The predicted octanol–water partition coefficient (Wildman–Crippen LogP) is 3.11. The molecule has 0 bridgehead atoms. The van der Waals surface area contributed by atoms with Gasteiger partial charge in [0, 0.05) is 0 Å². The first kappa shape index (κ1) is 12.0. The summed E-state index contributed by atoms with van der Waals surface area (Å²) in [4.78, 5) is 2.47. The van der Waals surface area contributed by atoms with Gasteiger partial charge in [0.05, 0.1) is 0 Å². The van der Waals surface area contributed by atoms with Crippen LogP contribution in [0.5, 0.6) is 0 Å². The van der Waals surface area contributed by atoms with Crippen LogP contribution in [-0.4, -0.2) is 24.5 Å². The first-order valence-electron chi connectivity index (χ1n) is 5.39. The fourth-order valence-corrected chi connectivity index (χ4v) is 1.31. The van der Waals surface area contributed by atoms with Gasteiger partial charge in [-0.3, -0.25) is 0 Å². The third-order valence-electron chi connectivity index (χ3n) is 2.31. The molecule has 1 radical (unpaired) electrons. The fourth-order valence-electron chi connectivity index (χ4n) is 1.31. The molecule has 0 atom stereocenters. The highest BCUT2D eigenvalue weighted by Crippen LogP contribution is 2.02. The van der Waals surface area contributed by atoms with Crippen molar-refractivity contribution in [3.63, 3.8) is 0 Å². The average Bonchev–Trinajstić information content (AvgIpc) is 2.11. The summed E-state index contributed by atoms with van der Waals surface area (Å²) in [5.41, 5.74) is 0. The van der Waals surface area contributed by atoms with E-state index in [9.17, 15) is 0 Å². The molecule has 0 unspecified atom stereocenters. The van der Waals surface area contributed by atoms with Gasteiger partial charge in [-0.05, 0) is 32.5 Å². The van der Waals surface area contributed by atoms with E-state index in [2.05, 4.69) is 32.1 Å². The van der Waals surface area contributed by atoms with Crippen LogP contribution in [0.2, 0.25) is 0 Å². The summed E-state index contributed by atoms with van der Waals surface area (Å²) < 4.78 is 0. The van der Waals surface area contributed by atoms with Gasteiger partial charge in [-0.25, -0.2) is 0 Å². The smallest absolute Gasteiger partial charge is 0.00162 e. The van der Waals surface area contributed by atoms with Gasteiger partial charge < -0.3 is 4.90 Å². The number of nitrogens with zero attached hydrogens (tertiary/aromatic N) is 1. The molecule has 0 aliphatic heterocycles. The molecule has 0 aromatic heterocycles. The SMILES string of the molecule is CCCC[CH]CCN(CC)CC. The molecule has 1 heteroatoms. The molecule has 0 saturated heterocycles. The maximum absolute atomic E-state index is 2.47. The van der Waals surface area contributed by atoms with Gasteiger partial charge in [-0.2, -0.15) is 0 Å². The van der Waals surface area contributed by atoms with Crippen molar-refractivity contribution >= 4 is 0 Å². The van der Waals surface area contributed by atoms with Crippen molar-refractivity contribution in [2.45, 2.75) is 46.5 Å². The fraction of sp³-hybridized carbons (Fsp3) is 0.909. The van der Waals surface area contributed by atoms with E-state index in [0.29, 0.717) is 0 Å². The van der Waals surface area contributed by atoms with Crippen molar-refractivity contribution in [1.82, 2.24) is 4.90 Å². The van der Waals surface area contributed by atoms with Gasteiger partial charge in [0.1, 0.15) is 0 Å². The van der Waals surface area contributed by atoms with Crippen molar-refractivity contribution in [1.29, 1.82) is 0 Å². The summed E-state index contributed by atoms with van der Waals surface area (Å²) in [5, 5.41) is 0. The van der Waals surface area contributed by atoms with Gasteiger partial charge in [-0.1, -0.05) is 40.0 Å². The van der Waals surface area contributed by atoms with Crippen LogP contribution in [0.25, 0.3) is 0 Å². The van der Waals surface area contributed by atoms with Crippen LogP contribution in [0.4, 0.5) is 0 Å². The molecule has 0 amide bonds. The van der Waals surface area contributed by atoms with E-state index in [0.717, 1.165) is 0 Å². The third-order valence-corrected chi connectivity index (χ3v) is 2.31. The highest BCUT2D eigenvalue weighted by Gasteiger charge is 1.97. The second kappa shape index (κ2) is 9.05. The summed E-state index contributed by atoms with van der Waals surface area (Å²) >= 11 is 0. The zero-order chi connectivity index (χ0) is 9.23. The Bertz CT molecular complexity index is 77.1. The van der Waals surface area contributed by atoms with Crippen LogP contribution in [0, 0.1) is 6.42 Å². The van der Waals surface area contributed by atoms with Crippen molar-refractivity contribution in [2.24, 2.45) is 0 Å². The summed E-state index contributed by atoms with van der Waals surface area (Å²) in [6.07, 6.45) is 7.68. The lowest BCUT2D eigenvalue weighted by molar-refractivity contribution is 0.305. The molecule has 0 saturated carbocycles. The second-order valence-electron chi connectivity index (χ2n) is 3.25. The Balaban J connectivity index is 3.06. The first-order chi connectivity index (χ1) is 5.85. The Kier molecular flexibility index (Phi) is 9.02. The van der Waals surface area contributed by atoms with Crippen LogP contribution in [0.3, 0.4) is 0 Å². The maximum Gasteiger partial charge on any atom is -0.00162 e. The minimum Gasteiger partial charge on any atom is -0.304 e.